The molecule has 1 amide bonds. The number of carbonyl (C=O) groups is 1. The van der Waals surface area contributed by atoms with E-state index in [1.807, 2.05) is 30.3 Å². The predicted octanol–water partition coefficient (Wildman–Crippen LogP) is 6.35. The van der Waals surface area contributed by atoms with Gasteiger partial charge in [0.2, 0.25) is 0 Å². The van der Waals surface area contributed by atoms with Crippen LogP contribution in [0.2, 0.25) is 0 Å². The molecular formula is C27H27IN2O3S. The Balaban J connectivity index is 1.46. The summed E-state index contributed by atoms with van der Waals surface area (Å²) in [7, 11) is 1.63. The summed E-state index contributed by atoms with van der Waals surface area (Å²) in [5, 5.41) is 6.35. The van der Waals surface area contributed by atoms with Gasteiger partial charge < -0.3 is 20.1 Å². The number of aryl methyl sites for hydroxylation is 2. The molecule has 34 heavy (non-hydrogen) atoms. The van der Waals surface area contributed by atoms with Crippen LogP contribution in [-0.4, -0.2) is 18.5 Å². The van der Waals surface area contributed by atoms with E-state index in [2.05, 4.69) is 83.5 Å². The Hall–Kier alpha value is -2.65. The van der Waals surface area contributed by atoms with E-state index in [0.717, 1.165) is 26.8 Å². The van der Waals surface area contributed by atoms with Gasteiger partial charge in [-0.2, -0.15) is 0 Å². The molecule has 0 aliphatic carbocycles. The van der Waals surface area contributed by atoms with E-state index in [1.165, 1.54) is 22.9 Å². The van der Waals surface area contributed by atoms with E-state index >= 15 is 0 Å². The van der Waals surface area contributed by atoms with Gasteiger partial charge in [0, 0.05) is 5.69 Å². The molecule has 0 bridgehead atoms. The summed E-state index contributed by atoms with van der Waals surface area (Å²) >= 11 is 3.71. The molecule has 1 fully saturated rings. The zero-order valence-corrected chi connectivity index (χ0v) is 22.3. The molecule has 0 unspecified atom stereocenters. The predicted molar refractivity (Wildman–Crippen MR) is 148 cm³/mol. The lowest BCUT2D eigenvalue weighted by molar-refractivity contribution is -0.116. The Labute approximate surface area is 218 Å². The third-order valence-electron chi connectivity index (χ3n) is 5.44. The molecule has 0 spiro atoms. The first-order chi connectivity index (χ1) is 16.4. The van der Waals surface area contributed by atoms with Gasteiger partial charge in [0.25, 0.3) is 5.91 Å². The second kappa shape index (κ2) is 11.2. The first-order valence-corrected chi connectivity index (χ1v) is 13.0. The molecule has 4 rings (SSSR count). The molecule has 0 aromatic heterocycles. The molecule has 3 aromatic carbocycles. The average molecular weight is 586 g/mol. The Bertz CT molecular complexity index is 1190. The van der Waals surface area contributed by atoms with Crippen molar-refractivity contribution in [2.45, 2.75) is 32.4 Å². The quantitative estimate of drug-likeness (QED) is 0.238. The Morgan fingerprint density at radius 3 is 2.47 bits per heavy atom. The summed E-state index contributed by atoms with van der Waals surface area (Å²) in [4.78, 5) is 13.2. The normalized spacial score (nSPS) is 16.4. The van der Waals surface area contributed by atoms with Gasteiger partial charge in [-0.15, -0.1) is 0 Å². The number of thioether (sulfide) groups is 1. The average Bonchev–Trinajstić information content (AvgIpc) is 3.17. The molecule has 1 aliphatic heterocycles. The number of amides is 1. The molecule has 1 saturated heterocycles. The maximum absolute atomic E-state index is 12.6. The molecular weight excluding hydrogens is 559 g/mol. The van der Waals surface area contributed by atoms with Crippen LogP contribution in [0.15, 0.2) is 65.6 Å². The Morgan fingerprint density at radius 2 is 1.79 bits per heavy atom. The number of carbonyl (C=O) groups excluding carboxylic acids is 1. The van der Waals surface area contributed by atoms with Crippen LogP contribution in [0, 0.1) is 10.5 Å². The highest BCUT2D eigenvalue weighted by Crippen LogP contribution is 2.37. The molecule has 0 radical (unpaired) electrons. The fraction of sp³-hybridized carbons (Fsp3) is 0.222. The summed E-state index contributed by atoms with van der Waals surface area (Å²) in [6.45, 7) is 4.65. The third-order valence-corrected chi connectivity index (χ3v) is 7.27. The first-order valence-electron chi connectivity index (χ1n) is 11.1. The summed E-state index contributed by atoms with van der Waals surface area (Å²) in [5.41, 5.74) is 5.23. The second-order valence-electron chi connectivity index (χ2n) is 7.98. The van der Waals surface area contributed by atoms with Crippen LogP contribution in [0.1, 0.15) is 29.2 Å². The molecule has 1 aliphatic rings. The van der Waals surface area contributed by atoms with Gasteiger partial charge in [-0.1, -0.05) is 60.6 Å². The fourth-order valence-corrected chi connectivity index (χ4v) is 5.27. The van der Waals surface area contributed by atoms with E-state index in [0.29, 0.717) is 23.0 Å². The lowest BCUT2D eigenvalue weighted by atomic mass is 10.1. The maximum Gasteiger partial charge on any atom is 0.260 e. The van der Waals surface area contributed by atoms with Crippen molar-refractivity contribution in [2.24, 2.45) is 0 Å². The van der Waals surface area contributed by atoms with Crippen LogP contribution in [0.3, 0.4) is 0 Å². The molecule has 7 heteroatoms. The van der Waals surface area contributed by atoms with Crippen LogP contribution in [-0.2, 0) is 17.8 Å². The minimum atomic E-state index is -0.218. The number of methoxy groups -OCH3 is 1. The summed E-state index contributed by atoms with van der Waals surface area (Å²) in [6.07, 6.45) is 2.89. The summed E-state index contributed by atoms with van der Waals surface area (Å²) in [6, 6.07) is 20.4. The molecule has 0 saturated carbocycles. The molecule has 3 aromatic rings. The number of hydrogen-bond acceptors (Lipinski definition) is 5. The topological polar surface area (TPSA) is 59.6 Å². The maximum atomic E-state index is 12.6. The largest absolute Gasteiger partial charge is 0.493 e. The fourth-order valence-electron chi connectivity index (χ4n) is 3.51. The van der Waals surface area contributed by atoms with E-state index in [1.54, 1.807) is 7.11 Å². The number of nitrogens with one attached hydrogen (secondary N) is 2. The summed E-state index contributed by atoms with van der Waals surface area (Å²) < 4.78 is 12.6. The highest BCUT2D eigenvalue weighted by Gasteiger charge is 2.27. The van der Waals surface area contributed by atoms with Crippen molar-refractivity contribution in [3.05, 3.63) is 91.4 Å². The SMILES string of the molecule is CCc1ccc(N[C@@H]2NC(=O)/C(=C/c3cc(I)c(OCc4ccc(C)cc4)c(OC)c3)S2)cc1. The molecule has 2 N–H and O–H groups in total. The van der Waals surface area contributed by atoms with Crippen molar-refractivity contribution >= 4 is 52.0 Å². The zero-order valence-electron chi connectivity index (χ0n) is 19.4. The zero-order chi connectivity index (χ0) is 24.1. The number of hydrogen-bond donors (Lipinski definition) is 2. The molecule has 5 nitrogen and oxygen atoms in total. The molecule has 1 atom stereocenters. The van der Waals surface area contributed by atoms with Crippen molar-refractivity contribution in [1.29, 1.82) is 0 Å². The van der Waals surface area contributed by atoms with E-state index < -0.39 is 0 Å². The number of benzene rings is 3. The number of rotatable bonds is 8. The highest BCUT2D eigenvalue weighted by molar-refractivity contribution is 14.1. The van der Waals surface area contributed by atoms with Gasteiger partial charge in [0.1, 0.15) is 6.61 Å². The van der Waals surface area contributed by atoms with Gasteiger partial charge in [-0.05, 0) is 83.0 Å². The standard InChI is InChI=1S/C27H27IN2O3S/c1-4-18-9-11-21(12-10-18)29-27-30-26(31)24(34-27)15-20-13-22(28)25(23(14-20)32-3)33-16-19-7-5-17(2)6-8-19/h5-15,27,29H,4,16H2,1-3H3,(H,30,31)/b24-15-/t27-/m1/s1. The molecule has 176 valence electrons. The second-order valence-corrected chi connectivity index (χ2v) is 10.3. The molecule has 1 heterocycles. The Kier molecular flexibility index (Phi) is 8.05. The van der Waals surface area contributed by atoms with Gasteiger partial charge in [-0.25, -0.2) is 0 Å². The minimum absolute atomic E-state index is 0.0960. The van der Waals surface area contributed by atoms with Crippen molar-refractivity contribution in [3.63, 3.8) is 0 Å². The Morgan fingerprint density at radius 1 is 1.09 bits per heavy atom. The third kappa shape index (κ3) is 6.07. The smallest absolute Gasteiger partial charge is 0.260 e. The summed E-state index contributed by atoms with van der Waals surface area (Å²) in [5.74, 6) is 1.24. The van der Waals surface area contributed by atoms with Crippen LogP contribution < -0.4 is 20.1 Å². The first kappa shape index (κ1) is 24.5. The van der Waals surface area contributed by atoms with Crippen molar-refractivity contribution < 1.29 is 14.3 Å². The monoisotopic (exact) mass is 586 g/mol. The number of halogens is 1. The van der Waals surface area contributed by atoms with E-state index in [-0.39, 0.29) is 11.4 Å². The lowest BCUT2D eigenvalue weighted by Gasteiger charge is -2.14. The van der Waals surface area contributed by atoms with Gasteiger partial charge >= 0.3 is 0 Å². The van der Waals surface area contributed by atoms with Crippen molar-refractivity contribution in [1.82, 2.24) is 5.32 Å². The van der Waals surface area contributed by atoms with Crippen LogP contribution >= 0.6 is 34.4 Å². The van der Waals surface area contributed by atoms with Crippen molar-refractivity contribution in [3.8, 4) is 11.5 Å². The van der Waals surface area contributed by atoms with Crippen LogP contribution in [0.25, 0.3) is 6.08 Å². The van der Waals surface area contributed by atoms with Gasteiger partial charge in [0.15, 0.2) is 17.0 Å². The lowest BCUT2D eigenvalue weighted by Crippen LogP contribution is -2.30. The van der Waals surface area contributed by atoms with Gasteiger partial charge in [-0.3, -0.25) is 4.79 Å². The van der Waals surface area contributed by atoms with E-state index in [9.17, 15) is 4.79 Å². The van der Waals surface area contributed by atoms with Crippen LogP contribution in [0.5, 0.6) is 11.5 Å². The minimum Gasteiger partial charge on any atom is -0.493 e. The highest BCUT2D eigenvalue weighted by atomic mass is 127. The van der Waals surface area contributed by atoms with Crippen molar-refractivity contribution in [2.75, 3.05) is 12.4 Å². The number of ether oxygens (including phenoxy) is 2. The number of anilines is 1. The van der Waals surface area contributed by atoms with E-state index in [4.69, 9.17) is 9.47 Å². The van der Waals surface area contributed by atoms with Crippen LogP contribution in [0.4, 0.5) is 5.69 Å². The van der Waals surface area contributed by atoms with Gasteiger partial charge in [0.05, 0.1) is 15.6 Å².